The molecule has 0 aliphatic rings. The van der Waals surface area contributed by atoms with Crippen LogP contribution < -0.4 is 0 Å². The molecule has 6 nitrogen and oxygen atoms in total. The third kappa shape index (κ3) is 28.8. The van der Waals surface area contributed by atoms with Gasteiger partial charge in [-0.25, -0.2) is 0 Å². The Balaban J connectivity index is 3.94. The summed E-state index contributed by atoms with van der Waals surface area (Å²) in [6, 6.07) is 0. The van der Waals surface area contributed by atoms with Crippen LogP contribution in [0.15, 0.2) is 0 Å². The molecule has 0 heterocycles. The predicted octanol–water partition coefficient (Wildman–Crippen LogP) is 10.1. The molecule has 0 saturated carbocycles. The van der Waals surface area contributed by atoms with E-state index in [1.165, 1.54) is 64.2 Å². The van der Waals surface area contributed by atoms with Crippen LogP contribution in [0, 0.1) is 0 Å². The second kappa shape index (κ2) is 33.7. The van der Waals surface area contributed by atoms with Gasteiger partial charge in [0.25, 0.3) is 0 Å². The molecule has 0 spiro atoms. The Hall–Kier alpha value is -0.690. The van der Waals surface area contributed by atoms with E-state index in [0.717, 1.165) is 116 Å². The highest BCUT2D eigenvalue weighted by Gasteiger charge is 2.15. The van der Waals surface area contributed by atoms with E-state index in [4.69, 9.17) is 9.47 Å². The molecule has 44 heavy (non-hydrogen) atoms. The molecule has 0 aliphatic heterocycles. The first-order valence-corrected chi connectivity index (χ1v) is 19.4. The van der Waals surface area contributed by atoms with Crippen molar-refractivity contribution >= 4 is 5.97 Å². The third-order valence-electron chi connectivity index (χ3n) is 8.86. The summed E-state index contributed by atoms with van der Waals surface area (Å²) in [6.45, 7) is 11.9. The number of carbonyl (C=O) groups excluding carboxylic acids is 1. The monoisotopic (exact) mass is 628 g/mol. The zero-order valence-electron chi connectivity index (χ0n) is 30.0. The molecule has 0 rings (SSSR count). The molecular weight excluding hydrogens is 550 g/mol. The average Bonchev–Trinajstić information content (AvgIpc) is 3.01. The molecule has 0 aromatic heterocycles. The summed E-state index contributed by atoms with van der Waals surface area (Å²) >= 11 is 0. The molecule has 0 aliphatic carbocycles. The normalized spacial score (nSPS) is 13.8. The number of unbranched alkanes of at least 4 members (excludes halogenated alkanes) is 14. The van der Waals surface area contributed by atoms with Crippen molar-refractivity contribution in [2.45, 2.75) is 213 Å². The lowest BCUT2D eigenvalue weighted by Crippen LogP contribution is -2.29. The van der Waals surface area contributed by atoms with Crippen molar-refractivity contribution in [1.29, 1.82) is 0 Å². The van der Waals surface area contributed by atoms with E-state index < -0.39 is 6.29 Å². The molecule has 2 N–H and O–H groups in total. The quantitative estimate of drug-likeness (QED) is 0.0413. The number of esters is 1. The lowest BCUT2D eigenvalue weighted by Gasteiger charge is -2.22. The van der Waals surface area contributed by atoms with Gasteiger partial charge < -0.3 is 24.6 Å². The lowest BCUT2D eigenvalue weighted by molar-refractivity contribution is -0.150. The highest BCUT2D eigenvalue weighted by atomic mass is 16.6. The summed E-state index contributed by atoms with van der Waals surface area (Å²) in [5.74, 6) is -0.00455. The van der Waals surface area contributed by atoms with E-state index in [1.54, 1.807) is 0 Å². The summed E-state index contributed by atoms with van der Waals surface area (Å²) in [6.07, 6.45) is 28.3. The summed E-state index contributed by atoms with van der Waals surface area (Å²) in [5, 5.41) is 19.9. The molecule has 264 valence electrons. The minimum absolute atomic E-state index is 0.00455. The zero-order valence-corrected chi connectivity index (χ0v) is 30.0. The Bertz CT molecular complexity index is 590. The van der Waals surface area contributed by atoms with Crippen molar-refractivity contribution in [3.05, 3.63) is 0 Å². The predicted molar refractivity (Wildman–Crippen MR) is 187 cm³/mol. The average molecular weight is 628 g/mol. The van der Waals surface area contributed by atoms with E-state index in [-0.39, 0.29) is 24.8 Å². The maximum Gasteiger partial charge on any atom is 0.306 e. The Morgan fingerprint density at radius 2 is 1.00 bits per heavy atom. The van der Waals surface area contributed by atoms with E-state index in [9.17, 15) is 15.0 Å². The Morgan fingerprint density at radius 1 is 0.545 bits per heavy atom. The zero-order chi connectivity index (χ0) is 32.5. The van der Waals surface area contributed by atoms with Gasteiger partial charge in [0.05, 0.1) is 12.7 Å². The van der Waals surface area contributed by atoms with Crippen LogP contribution in [0.25, 0.3) is 0 Å². The van der Waals surface area contributed by atoms with Crippen LogP contribution >= 0.6 is 0 Å². The second-order valence-electron chi connectivity index (χ2n) is 13.2. The van der Waals surface area contributed by atoms with E-state index >= 15 is 0 Å². The summed E-state index contributed by atoms with van der Waals surface area (Å²) in [4.78, 5) is 14.8. The van der Waals surface area contributed by atoms with Crippen molar-refractivity contribution in [2.75, 3.05) is 26.2 Å². The number of hydrogen-bond donors (Lipinski definition) is 2. The van der Waals surface area contributed by atoms with Gasteiger partial charge in [0.2, 0.25) is 0 Å². The molecule has 6 heteroatoms. The van der Waals surface area contributed by atoms with Crippen LogP contribution in [0.3, 0.4) is 0 Å². The van der Waals surface area contributed by atoms with Crippen LogP contribution in [0.2, 0.25) is 0 Å². The Labute approximate surface area is 274 Å². The Kier molecular flexibility index (Phi) is 33.1. The standard InChI is InChI=1S/C38H77NO5/c1-5-9-19-27-35(25-11-7-3)43-37(41)29-21-15-13-17-23-31-39(33-34-40)32-24-18-14-16-22-30-38(42)44-36(26-12-8-4)28-20-10-6-2/h35-37,40-41H,5-34H2,1-4H3. The Morgan fingerprint density at radius 3 is 1.57 bits per heavy atom. The molecule has 0 bridgehead atoms. The minimum Gasteiger partial charge on any atom is -0.462 e. The highest BCUT2D eigenvalue weighted by Crippen LogP contribution is 2.18. The molecule has 0 radical (unpaired) electrons. The SMILES string of the molecule is CCCCCC(CCCC)OC(=O)CCCCCCCN(CCO)CCCCCCCC(O)OC(CCCC)CCCCC. The van der Waals surface area contributed by atoms with Gasteiger partial charge in [-0.05, 0) is 77.3 Å². The van der Waals surface area contributed by atoms with E-state index in [1.807, 2.05) is 0 Å². The minimum atomic E-state index is -0.615. The fraction of sp³-hybridized carbons (Fsp3) is 0.974. The highest BCUT2D eigenvalue weighted by molar-refractivity contribution is 5.69. The van der Waals surface area contributed by atoms with Crippen LogP contribution in [-0.2, 0) is 14.3 Å². The number of hydrogen-bond acceptors (Lipinski definition) is 6. The summed E-state index contributed by atoms with van der Waals surface area (Å²) < 4.78 is 11.8. The molecule has 3 unspecified atom stereocenters. The van der Waals surface area contributed by atoms with Crippen LogP contribution in [0.1, 0.15) is 195 Å². The molecule has 0 fully saturated rings. The maximum absolute atomic E-state index is 12.4. The molecular formula is C38H77NO5. The smallest absolute Gasteiger partial charge is 0.306 e. The van der Waals surface area contributed by atoms with Crippen molar-refractivity contribution in [2.24, 2.45) is 0 Å². The molecule has 0 saturated heterocycles. The third-order valence-corrected chi connectivity index (χ3v) is 8.86. The van der Waals surface area contributed by atoms with Crippen LogP contribution in [0.5, 0.6) is 0 Å². The number of aliphatic hydroxyl groups is 2. The first kappa shape index (κ1) is 43.3. The van der Waals surface area contributed by atoms with Gasteiger partial charge in [-0.3, -0.25) is 4.79 Å². The van der Waals surface area contributed by atoms with Gasteiger partial charge in [0.15, 0.2) is 6.29 Å². The molecule has 0 amide bonds. The first-order valence-electron chi connectivity index (χ1n) is 19.4. The first-order chi connectivity index (χ1) is 21.5. The number of rotatable bonds is 35. The van der Waals surface area contributed by atoms with Gasteiger partial charge >= 0.3 is 5.97 Å². The number of ether oxygens (including phenoxy) is 2. The van der Waals surface area contributed by atoms with Gasteiger partial charge in [0.1, 0.15) is 6.10 Å². The van der Waals surface area contributed by atoms with Gasteiger partial charge in [-0.2, -0.15) is 0 Å². The van der Waals surface area contributed by atoms with Gasteiger partial charge in [-0.15, -0.1) is 0 Å². The van der Waals surface area contributed by atoms with E-state index in [0.29, 0.717) is 6.42 Å². The number of carbonyl (C=O) groups is 1. The fourth-order valence-electron chi connectivity index (χ4n) is 5.98. The molecule has 3 atom stereocenters. The largest absolute Gasteiger partial charge is 0.462 e. The second-order valence-corrected chi connectivity index (χ2v) is 13.2. The summed E-state index contributed by atoms with van der Waals surface area (Å²) in [7, 11) is 0. The molecule has 0 aromatic rings. The number of nitrogens with zero attached hydrogens (tertiary/aromatic N) is 1. The topological polar surface area (TPSA) is 79.2 Å². The van der Waals surface area contributed by atoms with Crippen molar-refractivity contribution in [3.8, 4) is 0 Å². The van der Waals surface area contributed by atoms with Crippen LogP contribution in [-0.4, -0.2) is 65.8 Å². The fourth-order valence-corrected chi connectivity index (χ4v) is 5.98. The lowest BCUT2D eigenvalue weighted by atomic mass is 10.0. The van der Waals surface area contributed by atoms with Crippen molar-refractivity contribution in [1.82, 2.24) is 4.90 Å². The maximum atomic E-state index is 12.4. The number of aliphatic hydroxyl groups excluding tert-OH is 2. The van der Waals surface area contributed by atoms with Gasteiger partial charge in [0, 0.05) is 13.0 Å². The summed E-state index contributed by atoms with van der Waals surface area (Å²) in [5.41, 5.74) is 0. The van der Waals surface area contributed by atoms with E-state index in [2.05, 4.69) is 32.6 Å². The van der Waals surface area contributed by atoms with Crippen molar-refractivity contribution < 1.29 is 24.5 Å². The van der Waals surface area contributed by atoms with Crippen LogP contribution in [0.4, 0.5) is 0 Å². The molecule has 0 aromatic carbocycles. The van der Waals surface area contributed by atoms with Gasteiger partial charge in [-0.1, -0.05) is 124 Å². The van der Waals surface area contributed by atoms with Crippen molar-refractivity contribution in [3.63, 3.8) is 0 Å².